The summed E-state index contributed by atoms with van der Waals surface area (Å²) in [4.78, 5) is 58.1. The number of carboxylic acids is 1. The molecule has 12 nitrogen and oxygen atoms in total. The Morgan fingerprint density at radius 1 is 1.11 bits per heavy atom. The highest BCUT2D eigenvalue weighted by Gasteiger charge is 2.25. The Labute approximate surface area is 205 Å². The Morgan fingerprint density at radius 3 is 2.40 bits per heavy atom. The molecule has 0 aliphatic heterocycles. The number of anilines is 1. The lowest BCUT2D eigenvalue weighted by Gasteiger charge is -2.22. The van der Waals surface area contributed by atoms with Crippen molar-refractivity contribution >= 4 is 35.8 Å². The van der Waals surface area contributed by atoms with Gasteiger partial charge in [0.05, 0.1) is 19.1 Å². The average molecular weight is 495 g/mol. The largest absolute Gasteiger partial charge is 0.480 e. The van der Waals surface area contributed by atoms with E-state index in [0.717, 1.165) is 0 Å². The maximum Gasteiger partial charge on any atom is 0.317 e. The molecule has 0 heterocycles. The van der Waals surface area contributed by atoms with E-state index in [1.54, 1.807) is 38.1 Å². The molecule has 12 heteroatoms. The molecule has 7 N–H and O–H groups in total. The van der Waals surface area contributed by atoms with Crippen LogP contribution in [0.2, 0.25) is 0 Å². The van der Waals surface area contributed by atoms with Crippen molar-refractivity contribution in [1.29, 1.82) is 0 Å². The monoisotopic (exact) mass is 494 g/mol. The fourth-order valence-electron chi connectivity index (χ4n) is 2.91. The van der Waals surface area contributed by atoms with Crippen LogP contribution < -0.4 is 27.0 Å². The second-order valence-corrected chi connectivity index (χ2v) is 8.23. The predicted molar refractivity (Wildman–Crippen MR) is 128 cm³/mol. The first-order valence-corrected chi connectivity index (χ1v) is 11.3. The number of nitrogens with two attached hydrogens (primary N) is 1. The number of carbonyl (C=O) groups excluding carboxylic acids is 4. The summed E-state index contributed by atoms with van der Waals surface area (Å²) in [7, 11) is 0. The SMILES string of the molecule is [2H]C(=O)OCc1ccc(NC(=O)[C@H](CCCCNC(=O)CNCC(=O)O)NC(=O)[C@@H](N)C(C)C)cc1. The summed E-state index contributed by atoms with van der Waals surface area (Å²) >= 11 is 0. The van der Waals surface area contributed by atoms with Crippen molar-refractivity contribution in [2.45, 2.75) is 51.8 Å². The van der Waals surface area contributed by atoms with Crippen molar-refractivity contribution in [3.8, 4) is 0 Å². The van der Waals surface area contributed by atoms with Crippen molar-refractivity contribution < 1.29 is 35.2 Å². The normalized spacial score (nSPS) is 12.7. The standard InChI is InChI=1S/C23H35N5O7/c1-15(2)21(24)23(34)28-18(5-3-4-10-26-19(30)11-25-12-20(31)32)22(33)27-17-8-6-16(7-9-17)13-35-14-29/h6-9,14-15,18,21,25H,3-5,10-13,24H2,1-2H3,(H,26,30)(H,27,33)(H,28,34)(H,31,32)/t18-,21-/m0/s1/i14D. The van der Waals surface area contributed by atoms with Gasteiger partial charge < -0.3 is 31.5 Å². The highest BCUT2D eigenvalue weighted by atomic mass is 16.5. The first-order chi connectivity index (χ1) is 17.0. The summed E-state index contributed by atoms with van der Waals surface area (Å²) in [6.45, 7) is 3.43. The summed E-state index contributed by atoms with van der Waals surface area (Å²) in [5.74, 6) is -2.41. The summed E-state index contributed by atoms with van der Waals surface area (Å²) in [6, 6.07) is 4.84. The van der Waals surface area contributed by atoms with Gasteiger partial charge in [0.2, 0.25) is 17.7 Å². The molecule has 1 aromatic rings. The zero-order chi connectivity index (χ0) is 27.1. The van der Waals surface area contributed by atoms with Crippen LogP contribution in [-0.4, -0.2) is 67.0 Å². The molecule has 3 amide bonds. The van der Waals surface area contributed by atoms with Crippen LogP contribution in [0.1, 0.15) is 40.0 Å². The van der Waals surface area contributed by atoms with E-state index in [2.05, 4.69) is 26.0 Å². The molecule has 35 heavy (non-hydrogen) atoms. The molecule has 0 aliphatic rings. The van der Waals surface area contributed by atoms with Crippen LogP contribution in [0.25, 0.3) is 0 Å². The number of unbranched alkanes of at least 4 members (excludes halogenated alkanes) is 1. The molecular formula is C23H35N5O7. The fraction of sp³-hybridized carbons (Fsp3) is 0.522. The minimum absolute atomic E-state index is 0.0610. The minimum Gasteiger partial charge on any atom is -0.480 e. The van der Waals surface area contributed by atoms with Gasteiger partial charge in [0.1, 0.15) is 12.6 Å². The van der Waals surface area contributed by atoms with Crippen LogP contribution in [0.4, 0.5) is 5.69 Å². The van der Waals surface area contributed by atoms with Gasteiger partial charge in [-0.25, -0.2) is 0 Å². The Bertz CT molecular complexity index is 895. The van der Waals surface area contributed by atoms with Crippen LogP contribution in [0.3, 0.4) is 0 Å². The van der Waals surface area contributed by atoms with Gasteiger partial charge in [0.15, 0.2) is 1.37 Å². The Hall–Kier alpha value is -3.51. The highest BCUT2D eigenvalue weighted by Crippen LogP contribution is 2.12. The second kappa shape index (κ2) is 16.2. The molecule has 0 unspecified atom stereocenters. The summed E-state index contributed by atoms with van der Waals surface area (Å²) < 4.78 is 11.4. The maximum atomic E-state index is 12.9. The number of amides is 3. The van der Waals surface area contributed by atoms with Crippen molar-refractivity contribution in [3.63, 3.8) is 0 Å². The average Bonchev–Trinajstić information content (AvgIpc) is 2.81. The highest BCUT2D eigenvalue weighted by molar-refractivity contribution is 5.97. The lowest BCUT2D eigenvalue weighted by atomic mass is 10.0. The van der Waals surface area contributed by atoms with E-state index in [0.29, 0.717) is 37.1 Å². The van der Waals surface area contributed by atoms with Gasteiger partial charge in [0, 0.05) is 12.2 Å². The third-order valence-corrected chi connectivity index (χ3v) is 4.98. The van der Waals surface area contributed by atoms with E-state index >= 15 is 0 Å². The van der Waals surface area contributed by atoms with Crippen molar-refractivity contribution in [3.05, 3.63) is 29.8 Å². The number of benzene rings is 1. The van der Waals surface area contributed by atoms with E-state index in [9.17, 15) is 24.0 Å². The molecule has 0 aliphatic carbocycles. The van der Waals surface area contributed by atoms with Crippen LogP contribution in [0, 0.1) is 5.92 Å². The zero-order valence-corrected chi connectivity index (χ0v) is 20.0. The number of aliphatic carboxylic acids is 1. The number of hydrogen-bond acceptors (Lipinski definition) is 8. The third-order valence-electron chi connectivity index (χ3n) is 4.98. The molecule has 0 saturated heterocycles. The molecule has 0 fully saturated rings. The van der Waals surface area contributed by atoms with Gasteiger partial charge in [-0.2, -0.15) is 0 Å². The van der Waals surface area contributed by atoms with E-state index in [4.69, 9.17) is 12.2 Å². The Balaban J connectivity index is 2.63. The lowest BCUT2D eigenvalue weighted by molar-refractivity contribution is -0.136. The molecule has 0 saturated carbocycles. The molecule has 0 aromatic heterocycles. The van der Waals surface area contributed by atoms with Gasteiger partial charge >= 0.3 is 5.97 Å². The molecule has 194 valence electrons. The molecular weight excluding hydrogens is 458 g/mol. The Morgan fingerprint density at radius 2 is 1.80 bits per heavy atom. The molecule has 2 atom stereocenters. The summed E-state index contributed by atoms with van der Waals surface area (Å²) in [5.41, 5.74) is 7.02. The van der Waals surface area contributed by atoms with Gasteiger partial charge in [-0.15, -0.1) is 0 Å². The number of hydrogen-bond donors (Lipinski definition) is 6. The first-order valence-electron chi connectivity index (χ1n) is 11.8. The molecule has 0 spiro atoms. The fourth-order valence-corrected chi connectivity index (χ4v) is 2.91. The molecule has 1 aromatic carbocycles. The first kappa shape index (κ1) is 27.7. The Kier molecular flexibility index (Phi) is 12.8. The zero-order valence-electron chi connectivity index (χ0n) is 21.0. The topological polar surface area (TPSA) is 189 Å². The van der Waals surface area contributed by atoms with E-state index < -0.39 is 36.3 Å². The van der Waals surface area contributed by atoms with Crippen molar-refractivity contribution in [1.82, 2.24) is 16.0 Å². The van der Waals surface area contributed by atoms with Gasteiger partial charge in [-0.3, -0.25) is 29.3 Å². The number of ether oxygens (including phenoxy) is 1. The number of carboxylic acid groups (broad SMARTS) is 1. The van der Waals surface area contributed by atoms with Crippen molar-refractivity contribution in [2.24, 2.45) is 11.7 Å². The third kappa shape index (κ3) is 12.5. The quantitative estimate of drug-likeness (QED) is 0.133. The molecule has 1 rings (SSSR count). The van der Waals surface area contributed by atoms with Gasteiger partial charge in [-0.05, 0) is 42.9 Å². The number of nitrogens with one attached hydrogen (secondary N) is 4. The van der Waals surface area contributed by atoms with Crippen LogP contribution in [0.15, 0.2) is 24.3 Å². The van der Waals surface area contributed by atoms with E-state index in [1.807, 2.05) is 0 Å². The predicted octanol–water partition coefficient (Wildman–Crippen LogP) is -0.273. The smallest absolute Gasteiger partial charge is 0.317 e. The van der Waals surface area contributed by atoms with Crippen LogP contribution in [0.5, 0.6) is 0 Å². The number of rotatable bonds is 16. The van der Waals surface area contributed by atoms with Crippen molar-refractivity contribution in [2.75, 3.05) is 25.0 Å². The maximum absolute atomic E-state index is 12.9. The van der Waals surface area contributed by atoms with E-state index in [-0.39, 0.29) is 31.5 Å². The minimum atomic E-state index is -1.14. The van der Waals surface area contributed by atoms with Crippen LogP contribution in [-0.2, 0) is 35.3 Å². The summed E-state index contributed by atoms with van der Waals surface area (Å²) in [6.07, 6.45) is 0.201. The second-order valence-electron chi connectivity index (χ2n) is 8.23. The summed E-state index contributed by atoms with van der Waals surface area (Å²) in [5, 5.41) is 19.1. The van der Waals surface area contributed by atoms with Gasteiger partial charge in [-0.1, -0.05) is 26.0 Å². The van der Waals surface area contributed by atoms with E-state index in [1.165, 1.54) is 0 Å². The number of carbonyl (C=O) groups is 5. The molecule has 0 radical (unpaired) electrons. The molecule has 0 bridgehead atoms. The van der Waals surface area contributed by atoms with Crippen LogP contribution >= 0.6 is 0 Å². The van der Waals surface area contributed by atoms with Gasteiger partial charge in [0.25, 0.3) is 6.45 Å². The lowest BCUT2D eigenvalue weighted by Crippen LogP contribution is -2.51.